The Morgan fingerprint density at radius 3 is 2.58 bits per heavy atom. The van der Waals surface area contributed by atoms with Gasteiger partial charge < -0.3 is 24.6 Å². The Morgan fingerprint density at radius 1 is 1.22 bits per heavy atom. The number of aryl methyl sites for hydroxylation is 1. The summed E-state index contributed by atoms with van der Waals surface area (Å²) in [6.07, 6.45) is 0.0123. The number of halogens is 2. The Hall–Kier alpha value is -3.34. The Kier molecular flexibility index (Phi) is 6.87. The number of aromatic nitrogens is 4. The lowest BCUT2D eigenvalue weighted by Gasteiger charge is -2.36. The third kappa shape index (κ3) is 5.25. The van der Waals surface area contributed by atoms with Crippen molar-refractivity contribution in [1.82, 2.24) is 24.4 Å². The lowest BCUT2D eigenvalue weighted by atomic mass is 10.0. The van der Waals surface area contributed by atoms with Crippen LogP contribution in [0.4, 0.5) is 19.5 Å². The number of imidazole rings is 1. The lowest BCUT2D eigenvalue weighted by Crippen LogP contribution is -2.52. The number of benzene rings is 1. The molecule has 1 amide bonds. The van der Waals surface area contributed by atoms with E-state index in [9.17, 15) is 18.7 Å². The van der Waals surface area contributed by atoms with Crippen LogP contribution in [-0.4, -0.2) is 66.5 Å². The summed E-state index contributed by atoms with van der Waals surface area (Å²) in [5.74, 6) is -0.516. The van der Waals surface area contributed by atoms with Gasteiger partial charge in [-0.25, -0.2) is 28.5 Å². The number of fused-ring (bicyclic) bond motifs is 1. The Morgan fingerprint density at radius 2 is 1.94 bits per heavy atom. The topological polar surface area (TPSA) is 105 Å². The zero-order valence-corrected chi connectivity index (χ0v) is 21.3. The smallest absolute Gasteiger partial charge is 0.410 e. The number of nitrogens with one attached hydrogen (secondary N) is 1. The van der Waals surface area contributed by atoms with Gasteiger partial charge in [-0.2, -0.15) is 0 Å². The molecule has 2 aromatic heterocycles. The first-order valence-corrected chi connectivity index (χ1v) is 12.0. The van der Waals surface area contributed by atoms with Crippen molar-refractivity contribution in [3.63, 3.8) is 0 Å². The molecule has 2 atom stereocenters. The molecule has 194 valence electrons. The number of piperidine rings is 1. The fourth-order valence-corrected chi connectivity index (χ4v) is 4.45. The number of carbonyl (C=O) groups is 1. The molecule has 1 aromatic carbocycles. The number of hydrogen-bond acceptors (Lipinski definition) is 7. The lowest BCUT2D eigenvalue weighted by molar-refractivity contribution is 0.00113. The van der Waals surface area contributed by atoms with E-state index in [1.165, 1.54) is 11.0 Å². The molecule has 1 saturated heterocycles. The highest BCUT2D eigenvalue weighted by Gasteiger charge is 2.33. The van der Waals surface area contributed by atoms with Gasteiger partial charge in [0.05, 0.1) is 30.4 Å². The molecule has 0 bridgehead atoms. The number of ether oxygens (including phenoxy) is 1. The Bertz CT molecular complexity index is 1290. The van der Waals surface area contributed by atoms with Gasteiger partial charge in [0.2, 0.25) is 5.95 Å². The normalized spacial score (nSPS) is 18.7. The zero-order chi connectivity index (χ0) is 26.4. The molecule has 0 unspecified atom stereocenters. The number of hydrogen-bond donors (Lipinski definition) is 2. The van der Waals surface area contributed by atoms with Crippen LogP contribution in [0.1, 0.15) is 52.9 Å². The van der Waals surface area contributed by atoms with Gasteiger partial charge in [0.15, 0.2) is 11.6 Å². The van der Waals surface area contributed by atoms with Gasteiger partial charge in [0, 0.05) is 18.2 Å². The van der Waals surface area contributed by atoms with Crippen LogP contribution in [0.2, 0.25) is 0 Å². The number of rotatable bonds is 4. The van der Waals surface area contributed by atoms with Crippen molar-refractivity contribution in [3.05, 3.63) is 35.8 Å². The maximum Gasteiger partial charge on any atom is 0.410 e. The van der Waals surface area contributed by atoms with Crippen molar-refractivity contribution in [2.24, 2.45) is 0 Å². The first-order valence-electron chi connectivity index (χ1n) is 12.0. The molecule has 0 aliphatic carbocycles. The average molecular weight is 503 g/mol. The van der Waals surface area contributed by atoms with Crippen LogP contribution >= 0.6 is 0 Å². The van der Waals surface area contributed by atoms with Gasteiger partial charge in [0.1, 0.15) is 22.6 Å². The highest BCUT2D eigenvalue weighted by atomic mass is 19.1. The monoisotopic (exact) mass is 502 g/mol. The third-order valence-corrected chi connectivity index (χ3v) is 6.01. The minimum atomic E-state index is -0.916. The van der Waals surface area contributed by atoms with E-state index >= 15 is 0 Å². The van der Waals surface area contributed by atoms with Gasteiger partial charge in [-0.15, -0.1) is 0 Å². The van der Waals surface area contributed by atoms with Gasteiger partial charge in [-0.3, -0.25) is 0 Å². The maximum absolute atomic E-state index is 14.9. The van der Waals surface area contributed by atoms with E-state index in [4.69, 9.17) is 4.74 Å². The molecule has 36 heavy (non-hydrogen) atoms. The van der Waals surface area contributed by atoms with E-state index in [1.807, 2.05) is 18.4 Å². The van der Waals surface area contributed by atoms with Crippen molar-refractivity contribution in [3.8, 4) is 11.3 Å². The summed E-state index contributed by atoms with van der Waals surface area (Å²) in [5.41, 5.74) is 0.324. The summed E-state index contributed by atoms with van der Waals surface area (Å²) in [7, 11) is 0. The van der Waals surface area contributed by atoms with E-state index in [2.05, 4.69) is 20.3 Å². The molecule has 9 nitrogen and oxygen atoms in total. The number of nitrogens with zero attached hydrogens (tertiary/aromatic N) is 5. The van der Waals surface area contributed by atoms with Crippen LogP contribution in [0, 0.1) is 18.6 Å². The second-order valence-electron chi connectivity index (χ2n) is 10.4. The predicted octanol–water partition coefficient (Wildman–Crippen LogP) is 4.44. The van der Waals surface area contributed by atoms with E-state index in [1.54, 1.807) is 33.8 Å². The second-order valence-corrected chi connectivity index (χ2v) is 10.4. The summed E-state index contributed by atoms with van der Waals surface area (Å²) in [6.45, 7) is 11.5. The van der Waals surface area contributed by atoms with E-state index in [-0.39, 0.29) is 35.3 Å². The second kappa shape index (κ2) is 9.61. The number of amides is 1. The number of anilines is 1. The summed E-state index contributed by atoms with van der Waals surface area (Å²) < 4.78 is 37.0. The molecule has 1 fully saturated rings. The Labute approximate surface area is 208 Å². The molecule has 1 aliphatic rings. The van der Waals surface area contributed by atoms with Crippen LogP contribution in [-0.2, 0) is 4.74 Å². The average Bonchev–Trinajstić information content (AvgIpc) is 3.11. The quantitative estimate of drug-likeness (QED) is 0.543. The maximum atomic E-state index is 14.9. The first kappa shape index (κ1) is 25.7. The van der Waals surface area contributed by atoms with Crippen LogP contribution in [0.15, 0.2) is 18.3 Å². The van der Waals surface area contributed by atoms with Gasteiger partial charge in [-0.1, -0.05) is 0 Å². The molecule has 4 rings (SSSR count). The van der Waals surface area contributed by atoms with Crippen molar-refractivity contribution >= 4 is 23.1 Å². The fraction of sp³-hybridized carbons (Fsp3) is 0.520. The zero-order valence-electron chi connectivity index (χ0n) is 21.3. The highest BCUT2D eigenvalue weighted by Crippen LogP contribution is 2.30. The molecule has 0 radical (unpaired) electrons. The summed E-state index contributed by atoms with van der Waals surface area (Å²) in [6, 6.07) is 2.45. The van der Waals surface area contributed by atoms with Crippen LogP contribution < -0.4 is 5.32 Å². The molecule has 2 N–H and O–H groups in total. The highest BCUT2D eigenvalue weighted by molar-refractivity contribution is 5.83. The molecule has 1 aliphatic heterocycles. The molecule has 0 spiro atoms. The van der Waals surface area contributed by atoms with E-state index < -0.39 is 35.5 Å². The Balaban J connectivity index is 1.56. The van der Waals surface area contributed by atoms with E-state index in [0.717, 1.165) is 6.20 Å². The van der Waals surface area contributed by atoms with Crippen molar-refractivity contribution < 1.29 is 23.4 Å². The van der Waals surface area contributed by atoms with Crippen molar-refractivity contribution in [1.29, 1.82) is 0 Å². The molecular weight excluding hydrogens is 470 g/mol. The molecule has 3 heterocycles. The summed E-state index contributed by atoms with van der Waals surface area (Å²) in [5, 5.41) is 13.7. The molecule has 3 aromatic rings. The van der Waals surface area contributed by atoms with Gasteiger partial charge in [0.25, 0.3) is 0 Å². The largest absolute Gasteiger partial charge is 0.444 e. The van der Waals surface area contributed by atoms with Gasteiger partial charge >= 0.3 is 6.09 Å². The van der Waals surface area contributed by atoms with Crippen LogP contribution in [0.3, 0.4) is 0 Å². The number of aliphatic hydroxyl groups is 1. The standard InChI is InChI=1S/C25H32F2N6O3/c1-13(2)33-14(3)29-22-16(26)9-15(10-19(22)33)21-17(27)11-28-23(31-21)30-18-7-8-32(12-20(18)34)24(35)36-25(4,5)6/h9-11,13,18,20,34H,7-8,12H2,1-6H3,(H,28,30,31)/t18-,20-/m1/s1. The third-order valence-electron chi connectivity index (χ3n) is 6.01. The number of β-amino-alcohol motifs (C(OH)–C–C–N with tert-alkyl or cyclic N) is 1. The molecule has 11 heteroatoms. The molecule has 0 saturated carbocycles. The van der Waals surface area contributed by atoms with E-state index in [0.29, 0.717) is 24.3 Å². The minimum Gasteiger partial charge on any atom is -0.444 e. The van der Waals surface area contributed by atoms with Crippen LogP contribution in [0.5, 0.6) is 0 Å². The summed E-state index contributed by atoms with van der Waals surface area (Å²) >= 11 is 0. The molecular formula is C25H32F2N6O3. The number of carbonyl (C=O) groups excluding carboxylic acids is 1. The van der Waals surface area contributed by atoms with Gasteiger partial charge in [-0.05, 0) is 60.1 Å². The predicted molar refractivity (Wildman–Crippen MR) is 132 cm³/mol. The number of aliphatic hydroxyl groups excluding tert-OH is 1. The fourth-order valence-electron chi connectivity index (χ4n) is 4.45. The SMILES string of the molecule is Cc1nc2c(F)cc(-c3nc(N[C@@H]4CCN(C(=O)OC(C)(C)C)C[C@H]4O)ncc3F)cc2n1C(C)C. The minimum absolute atomic E-state index is 0.0326. The number of likely N-dealkylation sites (tertiary alicyclic amines) is 1. The first-order chi connectivity index (χ1) is 16.8. The van der Waals surface area contributed by atoms with Crippen molar-refractivity contribution in [2.75, 3.05) is 18.4 Å². The summed E-state index contributed by atoms with van der Waals surface area (Å²) in [4.78, 5) is 26.4. The van der Waals surface area contributed by atoms with Crippen LogP contribution in [0.25, 0.3) is 22.3 Å². The van der Waals surface area contributed by atoms with Crippen molar-refractivity contribution in [2.45, 2.75) is 71.8 Å².